The van der Waals surface area contributed by atoms with Crippen molar-refractivity contribution in [3.8, 4) is 5.75 Å². The van der Waals surface area contributed by atoms with Gasteiger partial charge in [-0.15, -0.1) is 0 Å². The fourth-order valence-electron chi connectivity index (χ4n) is 4.27. The number of anilines is 1. The maximum atomic E-state index is 14.0. The first kappa shape index (κ1) is 32.9. The normalized spacial score (nSPS) is 12.1. The van der Waals surface area contributed by atoms with Crippen molar-refractivity contribution in [3.05, 3.63) is 89.2 Å². The molecule has 1 atom stereocenters. The molecule has 3 aromatic carbocycles. The Bertz CT molecular complexity index is 1430. The summed E-state index contributed by atoms with van der Waals surface area (Å²) in [7, 11) is -4.29. The highest BCUT2D eigenvalue weighted by molar-refractivity contribution is 7.92. The van der Waals surface area contributed by atoms with Crippen LogP contribution in [0, 0.1) is 11.7 Å². The van der Waals surface area contributed by atoms with Crippen molar-refractivity contribution < 1.29 is 27.1 Å². The smallest absolute Gasteiger partial charge is 0.264 e. The summed E-state index contributed by atoms with van der Waals surface area (Å²) in [6.07, 6.45) is 0.297. The van der Waals surface area contributed by atoms with Gasteiger partial charge in [0.05, 0.1) is 17.2 Å². The van der Waals surface area contributed by atoms with E-state index in [1.165, 1.54) is 41.3 Å². The average molecular weight is 618 g/mol. The van der Waals surface area contributed by atoms with Crippen LogP contribution in [0.2, 0.25) is 5.02 Å². The Kier molecular flexibility index (Phi) is 11.8. The molecule has 0 heterocycles. The standard InChI is InChI=1S/C31H37ClFN3O5S/c1-5-29(31(38)34-19-22(3)4)35(20-23-7-9-24(32)10-8-23)30(37)21-36(26-13-11-25(33)12-14-26)42(39,40)28-17-15-27(16-18-28)41-6-2/h7-18,22,29H,5-6,19-21H2,1-4H3,(H,34,38)/t29-/m1/s1. The van der Waals surface area contributed by atoms with E-state index in [4.69, 9.17) is 16.3 Å². The number of nitrogens with one attached hydrogen (secondary N) is 1. The third-order valence-corrected chi connectivity index (χ3v) is 8.49. The molecule has 0 aromatic heterocycles. The number of nitrogens with zero attached hydrogens (tertiary/aromatic N) is 2. The fourth-order valence-corrected chi connectivity index (χ4v) is 5.81. The van der Waals surface area contributed by atoms with Crippen LogP contribution in [0.15, 0.2) is 77.7 Å². The number of sulfonamides is 1. The second kappa shape index (κ2) is 15.0. The van der Waals surface area contributed by atoms with Crippen molar-refractivity contribution in [2.45, 2.75) is 51.6 Å². The molecule has 0 saturated heterocycles. The van der Waals surface area contributed by atoms with Crippen LogP contribution in [-0.4, -0.2) is 50.9 Å². The lowest BCUT2D eigenvalue weighted by Gasteiger charge is -2.33. The second-order valence-corrected chi connectivity index (χ2v) is 12.4. The summed E-state index contributed by atoms with van der Waals surface area (Å²) in [6, 6.07) is 16.7. The van der Waals surface area contributed by atoms with E-state index in [1.807, 2.05) is 20.8 Å². The van der Waals surface area contributed by atoms with Crippen LogP contribution in [0.5, 0.6) is 5.75 Å². The van der Waals surface area contributed by atoms with Crippen molar-refractivity contribution >= 4 is 39.1 Å². The minimum Gasteiger partial charge on any atom is -0.494 e. The van der Waals surface area contributed by atoms with E-state index in [2.05, 4.69) is 5.32 Å². The van der Waals surface area contributed by atoms with Gasteiger partial charge in [0.1, 0.15) is 24.2 Å². The van der Waals surface area contributed by atoms with Gasteiger partial charge in [-0.25, -0.2) is 12.8 Å². The lowest BCUT2D eigenvalue weighted by atomic mass is 10.1. The van der Waals surface area contributed by atoms with Gasteiger partial charge < -0.3 is 15.0 Å². The average Bonchev–Trinajstić information content (AvgIpc) is 2.96. The first-order valence-corrected chi connectivity index (χ1v) is 15.6. The highest BCUT2D eigenvalue weighted by Gasteiger charge is 2.33. The third-order valence-electron chi connectivity index (χ3n) is 6.45. The number of hydrogen-bond acceptors (Lipinski definition) is 5. The van der Waals surface area contributed by atoms with Crippen molar-refractivity contribution in [3.63, 3.8) is 0 Å². The molecule has 0 saturated carbocycles. The highest BCUT2D eigenvalue weighted by atomic mass is 35.5. The number of amides is 2. The molecule has 0 bridgehead atoms. The van der Waals surface area contributed by atoms with E-state index in [0.717, 1.165) is 16.4 Å². The molecule has 3 aromatic rings. The predicted molar refractivity (Wildman–Crippen MR) is 162 cm³/mol. The van der Waals surface area contributed by atoms with E-state index in [-0.39, 0.29) is 29.0 Å². The summed E-state index contributed by atoms with van der Waals surface area (Å²) < 4.78 is 48.0. The summed E-state index contributed by atoms with van der Waals surface area (Å²) in [5, 5.41) is 3.40. The Labute approximate surface area is 252 Å². The maximum absolute atomic E-state index is 14.0. The molecule has 42 heavy (non-hydrogen) atoms. The first-order valence-electron chi connectivity index (χ1n) is 13.8. The molecule has 0 aliphatic carbocycles. The Hall–Kier alpha value is -3.63. The van der Waals surface area contributed by atoms with Gasteiger partial charge in [-0.2, -0.15) is 0 Å². The minimum absolute atomic E-state index is 0.0456. The maximum Gasteiger partial charge on any atom is 0.264 e. The van der Waals surface area contributed by atoms with E-state index >= 15 is 0 Å². The van der Waals surface area contributed by atoms with Crippen LogP contribution in [-0.2, 0) is 26.2 Å². The number of rotatable bonds is 14. The van der Waals surface area contributed by atoms with Crippen LogP contribution in [0.3, 0.4) is 0 Å². The van der Waals surface area contributed by atoms with Crippen molar-refractivity contribution in [1.82, 2.24) is 10.2 Å². The predicted octanol–water partition coefficient (Wildman–Crippen LogP) is 5.65. The van der Waals surface area contributed by atoms with Crippen molar-refractivity contribution in [2.24, 2.45) is 5.92 Å². The summed E-state index contributed by atoms with van der Waals surface area (Å²) in [5.41, 5.74) is 0.813. The number of ether oxygens (including phenoxy) is 1. The molecular formula is C31H37ClFN3O5S. The third kappa shape index (κ3) is 8.69. The molecule has 0 aliphatic rings. The largest absolute Gasteiger partial charge is 0.494 e. The van der Waals surface area contributed by atoms with Gasteiger partial charge in [-0.05, 0) is 85.5 Å². The Morgan fingerprint density at radius 1 is 0.952 bits per heavy atom. The van der Waals surface area contributed by atoms with E-state index in [9.17, 15) is 22.4 Å². The van der Waals surface area contributed by atoms with E-state index in [0.29, 0.717) is 35.9 Å². The highest BCUT2D eigenvalue weighted by Crippen LogP contribution is 2.26. The molecule has 226 valence electrons. The molecule has 0 radical (unpaired) electrons. The van der Waals surface area contributed by atoms with Gasteiger partial charge in [-0.1, -0.05) is 44.5 Å². The zero-order valence-electron chi connectivity index (χ0n) is 24.2. The van der Waals surface area contributed by atoms with Gasteiger partial charge in [0.25, 0.3) is 10.0 Å². The van der Waals surface area contributed by atoms with Crippen molar-refractivity contribution in [1.29, 1.82) is 0 Å². The Balaban J connectivity index is 2.03. The van der Waals surface area contributed by atoms with Gasteiger partial charge >= 0.3 is 0 Å². The van der Waals surface area contributed by atoms with Crippen LogP contribution < -0.4 is 14.4 Å². The van der Waals surface area contributed by atoms with Crippen LogP contribution in [0.4, 0.5) is 10.1 Å². The topological polar surface area (TPSA) is 96.0 Å². The second-order valence-electron chi connectivity index (χ2n) is 10.1. The summed E-state index contributed by atoms with van der Waals surface area (Å²) in [6.45, 7) is 7.79. The lowest BCUT2D eigenvalue weighted by molar-refractivity contribution is -0.140. The molecule has 8 nitrogen and oxygen atoms in total. The lowest BCUT2D eigenvalue weighted by Crippen LogP contribution is -2.52. The quantitative estimate of drug-likeness (QED) is 0.252. The number of carbonyl (C=O) groups is 2. The summed E-state index contributed by atoms with van der Waals surface area (Å²) >= 11 is 6.05. The molecule has 0 aliphatic heterocycles. The number of hydrogen-bond donors (Lipinski definition) is 1. The molecule has 0 unspecified atom stereocenters. The van der Waals surface area contributed by atoms with Crippen molar-refractivity contribution in [2.75, 3.05) is 24.0 Å². The number of carbonyl (C=O) groups excluding carboxylic acids is 2. The Morgan fingerprint density at radius 2 is 1.57 bits per heavy atom. The fraction of sp³-hybridized carbons (Fsp3) is 0.355. The molecule has 11 heteroatoms. The van der Waals surface area contributed by atoms with Gasteiger partial charge in [0, 0.05) is 18.1 Å². The molecule has 0 spiro atoms. The molecule has 1 N–H and O–H groups in total. The summed E-state index contributed by atoms with van der Waals surface area (Å²) in [5.74, 6) is -0.805. The monoisotopic (exact) mass is 617 g/mol. The van der Waals surface area contributed by atoms with Crippen LogP contribution >= 0.6 is 11.6 Å². The van der Waals surface area contributed by atoms with Gasteiger partial charge in [-0.3, -0.25) is 13.9 Å². The number of benzene rings is 3. The molecule has 3 rings (SSSR count). The van der Waals surface area contributed by atoms with Gasteiger partial charge in [0.2, 0.25) is 11.8 Å². The molecular weight excluding hydrogens is 581 g/mol. The van der Waals surface area contributed by atoms with E-state index in [1.54, 1.807) is 31.2 Å². The minimum atomic E-state index is -4.29. The molecule has 0 fully saturated rings. The summed E-state index contributed by atoms with van der Waals surface area (Å²) in [4.78, 5) is 28.6. The number of halogens is 2. The SMILES string of the molecule is CCOc1ccc(S(=O)(=O)N(CC(=O)N(Cc2ccc(Cl)cc2)[C@H](CC)C(=O)NCC(C)C)c2ccc(F)cc2)cc1. The first-order chi connectivity index (χ1) is 20.0. The zero-order chi connectivity index (χ0) is 30.9. The Morgan fingerprint density at radius 3 is 2.12 bits per heavy atom. The van der Waals surface area contributed by atoms with Crippen LogP contribution in [0.25, 0.3) is 0 Å². The van der Waals surface area contributed by atoms with E-state index < -0.39 is 34.3 Å². The van der Waals surface area contributed by atoms with Gasteiger partial charge in [0.15, 0.2) is 0 Å². The zero-order valence-corrected chi connectivity index (χ0v) is 25.8. The molecule has 2 amide bonds. The van der Waals surface area contributed by atoms with Crippen LogP contribution in [0.1, 0.15) is 39.7 Å².